The molecule has 0 unspecified atom stereocenters. The quantitative estimate of drug-likeness (QED) is 0.916. The molecule has 1 atom stereocenters. The summed E-state index contributed by atoms with van der Waals surface area (Å²) in [4.78, 5) is 16.0. The molecule has 132 valence electrons. The number of carbonyl (C=O) groups excluding carboxylic acids is 1. The molecule has 0 aromatic heterocycles. The van der Waals surface area contributed by atoms with Crippen LogP contribution in [0.15, 0.2) is 12.1 Å². The van der Waals surface area contributed by atoms with Crippen molar-refractivity contribution in [2.75, 3.05) is 51.3 Å². The molecule has 2 heterocycles. The van der Waals surface area contributed by atoms with Crippen molar-refractivity contribution in [1.29, 1.82) is 0 Å². The lowest BCUT2D eigenvalue weighted by Crippen LogP contribution is -2.40. The van der Waals surface area contributed by atoms with Crippen molar-refractivity contribution in [3.63, 3.8) is 0 Å². The Morgan fingerprint density at radius 2 is 1.83 bits per heavy atom. The van der Waals surface area contributed by atoms with Crippen molar-refractivity contribution in [2.45, 2.75) is 6.42 Å². The Balaban J connectivity index is 1.55. The molecule has 3 rings (SSSR count). The minimum atomic E-state index is -1.12. The molecule has 0 saturated carbocycles. The van der Waals surface area contributed by atoms with E-state index in [-0.39, 0.29) is 0 Å². The van der Waals surface area contributed by atoms with Gasteiger partial charge in [0.25, 0.3) is 0 Å². The average molecular weight is 343 g/mol. The maximum Gasteiger partial charge on any atom is 0.322 e. The zero-order valence-corrected chi connectivity index (χ0v) is 13.2. The van der Waals surface area contributed by atoms with Crippen molar-refractivity contribution in [3.8, 4) is 0 Å². The summed E-state index contributed by atoms with van der Waals surface area (Å²) in [5.41, 5.74) is -0.613. The van der Waals surface area contributed by atoms with Crippen LogP contribution in [-0.2, 0) is 4.74 Å². The molecule has 2 aliphatic rings. The lowest BCUT2D eigenvalue weighted by atomic mass is 10.1. The first-order valence-corrected chi connectivity index (χ1v) is 8.03. The highest BCUT2D eigenvalue weighted by Crippen LogP contribution is 2.23. The number of ether oxygens (including phenoxy) is 1. The van der Waals surface area contributed by atoms with Crippen LogP contribution in [0.5, 0.6) is 0 Å². The van der Waals surface area contributed by atoms with Crippen LogP contribution in [0.2, 0.25) is 0 Å². The second-order valence-corrected chi connectivity index (χ2v) is 6.19. The second kappa shape index (κ2) is 7.40. The number of nitrogens with one attached hydrogen (secondary N) is 1. The van der Waals surface area contributed by atoms with E-state index >= 15 is 0 Å². The van der Waals surface area contributed by atoms with Crippen LogP contribution in [-0.4, -0.2) is 61.8 Å². The molecular formula is C16H20F3N3O2. The Bertz CT molecular complexity index is 585. The molecule has 24 heavy (non-hydrogen) atoms. The summed E-state index contributed by atoms with van der Waals surface area (Å²) in [6.45, 7) is 5.16. The summed E-state index contributed by atoms with van der Waals surface area (Å²) in [6.07, 6.45) is 0.846. The van der Waals surface area contributed by atoms with Crippen molar-refractivity contribution in [1.82, 2.24) is 9.80 Å². The van der Waals surface area contributed by atoms with Gasteiger partial charge >= 0.3 is 6.03 Å². The highest BCUT2D eigenvalue weighted by molar-refractivity contribution is 5.89. The van der Waals surface area contributed by atoms with Gasteiger partial charge < -0.3 is 15.0 Å². The van der Waals surface area contributed by atoms with Crippen molar-refractivity contribution in [2.24, 2.45) is 5.92 Å². The van der Waals surface area contributed by atoms with E-state index in [9.17, 15) is 18.0 Å². The number of amides is 2. The SMILES string of the molecule is O=C(Nc1c(F)cc(F)cc1F)N1CC[C@@H](CN2CCOCC2)C1. The van der Waals surface area contributed by atoms with Gasteiger partial charge in [-0.1, -0.05) is 0 Å². The third-order valence-corrected chi connectivity index (χ3v) is 4.43. The second-order valence-electron chi connectivity index (χ2n) is 6.19. The van der Waals surface area contributed by atoms with E-state index in [0.717, 1.165) is 39.3 Å². The number of benzene rings is 1. The number of anilines is 1. The Labute approximate surface area is 138 Å². The molecule has 2 amide bonds. The molecule has 2 saturated heterocycles. The Morgan fingerprint density at radius 3 is 2.50 bits per heavy atom. The zero-order chi connectivity index (χ0) is 17.1. The van der Waals surface area contributed by atoms with Gasteiger partial charge in [0, 0.05) is 44.9 Å². The van der Waals surface area contributed by atoms with E-state index in [1.165, 1.54) is 4.90 Å². The number of rotatable bonds is 3. The van der Waals surface area contributed by atoms with E-state index < -0.39 is 29.2 Å². The fourth-order valence-corrected chi connectivity index (χ4v) is 3.16. The van der Waals surface area contributed by atoms with Crippen molar-refractivity contribution >= 4 is 11.7 Å². The largest absolute Gasteiger partial charge is 0.379 e. The van der Waals surface area contributed by atoms with Gasteiger partial charge in [-0.25, -0.2) is 18.0 Å². The summed E-state index contributed by atoms with van der Waals surface area (Å²) in [6, 6.07) is 0.525. The van der Waals surface area contributed by atoms with E-state index in [4.69, 9.17) is 4.74 Å². The number of likely N-dealkylation sites (tertiary alicyclic amines) is 1. The summed E-state index contributed by atoms with van der Waals surface area (Å²) in [5, 5.41) is 2.21. The predicted molar refractivity (Wildman–Crippen MR) is 82.3 cm³/mol. The van der Waals surface area contributed by atoms with Gasteiger partial charge in [0.15, 0.2) is 11.6 Å². The maximum absolute atomic E-state index is 13.6. The summed E-state index contributed by atoms with van der Waals surface area (Å²) >= 11 is 0. The molecule has 1 aromatic rings. The van der Waals surface area contributed by atoms with Gasteiger partial charge in [0.2, 0.25) is 0 Å². The van der Waals surface area contributed by atoms with E-state index in [2.05, 4.69) is 10.2 Å². The van der Waals surface area contributed by atoms with E-state index in [1.54, 1.807) is 0 Å². The fourth-order valence-electron chi connectivity index (χ4n) is 3.16. The number of morpholine rings is 1. The van der Waals surface area contributed by atoms with Gasteiger partial charge in [-0.05, 0) is 12.3 Å². The number of nitrogens with zero attached hydrogens (tertiary/aromatic N) is 2. The molecule has 0 spiro atoms. The molecular weight excluding hydrogens is 323 g/mol. The predicted octanol–water partition coefficient (Wildman–Crippen LogP) is 2.29. The monoisotopic (exact) mass is 343 g/mol. The minimum absolute atomic E-state index is 0.330. The number of hydrogen-bond acceptors (Lipinski definition) is 3. The molecule has 1 N–H and O–H groups in total. The average Bonchev–Trinajstić information content (AvgIpc) is 3.00. The molecule has 5 nitrogen and oxygen atoms in total. The summed E-state index contributed by atoms with van der Waals surface area (Å²) < 4.78 is 45.4. The molecule has 0 bridgehead atoms. The van der Waals surface area contributed by atoms with Crippen LogP contribution >= 0.6 is 0 Å². The van der Waals surface area contributed by atoms with Gasteiger partial charge in [-0.3, -0.25) is 4.90 Å². The number of halogens is 3. The van der Waals surface area contributed by atoms with Gasteiger partial charge in [-0.2, -0.15) is 0 Å². The lowest BCUT2D eigenvalue weighted by molar-refractivity contribution is 0.0314. The molecule has 0 radical (unpaired) electrons. The van der Waals surface area contributed by atoms with Gasteiger partial charge in [0.1, 0.15) is 11.5 Å². The fraction of sp³-hybridized carbons (Fsp3) is 0.562. The first-order chi connectivity index (χ1) is 11.5. The first kappa shape index (κ1) is 17.0. The topological polar surface area (TPSA) is 44.8 Å². The highest BCUT2D eigenvalue weighted by atomic mass is 19.1. The van der Waals surface area contributed by atoms with Gasteiger partial charge in [0.05, 0.1) is 13.2 Å². The van der Waals surface area contributed by atoms with Crippen LogP contribution < -0.4 is 5.32 Å². The molecule has 0 aliphatic carbocycles. The molecule has 1 aromatic carbocycles. The smallest absolute Gasteiger partial charge is 0.322 e. The van der Waals surface area contributed by atoms with Crippen LogP contribution in [0.25, 0.3) is 0 Å². The zero-order valence-electron chi connectivity index (χ0n) is 13.2. The first-order valence-electron chi connectivity index (χ1n) is 8.03. The standard InChI is InChI=1S/C16H20F3N3O2/c17-12-7-13(18)15(14(19)8-12)20-16(23)22-2-1-11(10-22)9-21-3-5-24-6-4-21/h7-8,11H,1-6,9-10H2,(H,20,23)/t11-/m0/s1. The Kier molecular flexibility index (Phi) is 5.25. The van der Waals surface area contributed by atoms with Crippen molar-refractivity contribution in [3.05, 3.63) is 29.6 Å². The summed E-state index contributed by atoms with van der Waals surface area (Å²) in [5.74, 6) is -2.93. The number of hydrogen-bond donors (Lipinski definition) is 1. The Morgan fingerprint density at radius 1 is 1.17 bits per heavy atom. The third-order valence-electron chi connectivity index (χ3n) is 4.43. The van der Waals surface area contributed by atoms with Crippen LogP contribution in [0.1, 0.15) is 6.42 Å². The molecule has 8 heteroatoms. The van der Waals surface area contributed by atoms with Gasteiger partial charge in [-0.15, -0.1) is 0 Å². The minimum Gasteiger partial charge on any atom is -0.379 e. The number of urea groups is 1. The summed E-state index contributed by atoms with van der Waals surface area (Å²) in [7, 11) is 0. The third kappa shape index (κ3) is 3.99. The maximum atomic E-state index is 13.6. The van der Waals surface area contributed by atoms with E-state index in [1.807, 2.05) is 0 Å². The van der Waals surface area contributed by atoms with Crippen LogP contribution in [0.4, 0.5) is 23.7 Å². The highest BCUT2D eigenvalue weighted by Gasteiger charge is 2.29. The van der Waals surface area contributed by atoms with E-state index in [0.29, 0.717) is 31.1 Å². The van der Waals surface area contributed by atoms with Crippen LogP contribution in [0, 0.1) is 23.4 Å². The molecule has 2 aliphatic heterocycles. The Hall–Kier alpha value is -1.80. The number of carbonyl (C=O) groups is 1. The normalized spacial score (nSPS) is 22.0. The van der Waals surface area contributed by atoms with Crippen LogP contribution in [0.3, 0.4) is 0 Å². The lowest BCUT2D eigenvalue weighted by Gasteiger charge is -2.29. The van der Waals surface area contributed by atoms with Crippen molar-refractivity contribution < 1.29 is 22.7 Å². The molecule has 2 fully saturated rings.